The van der Waals surface area contributed by atoms with Crippen LogP contribution in [0.3, 0.4) is 0 Å². The van der Waals surface area contributed by atoms with E-state index in [1.165, 1.54) is 4.90 Å². The highest BCUT2D eigenvalue weighted by Gasteiger charge is 2.24. The largest absolute Gasteiger partial charge is 0.550 e. The Hall–Kier alpha value is -1.10. The second-order valence-electron chi connectivity index (χ2n) is 5.22. The lowest BCUT2D eigenvalue weighted by Gasteiger charge is -2.29. The molecule has 1 saturated heterocycles. The Balaban J connectivity index is 2.21. The first kappa shape index (κ1) is 14.0. The Morgan fingerprint density at radius 2 is 1.94 bits per heavy atom. The Morgan fingerprint density at radius 3 is 2.41 bits per heavy atom. The molecule has 0 aliphatic carbocycles. The summed E-state index contributed by atoms with van der Waals surface area (Å²) in [6.07, 6.45) is 1.24. The molecule has 0 radical (unpaired) electrons. The standard InChI is InChI=1S/C12H22N2O3/c1-9(2)7-13-11(15)8-14-5-3-10(4-6-14)12(16)17/h9-10H,3-8H2,1-2H3,(H,13,15)(H,16,17). The number of aliphatic carboxylic acids is 1. The number of carboxylic acid groups (broad SMARTS) is 1. The third kappa shape index (κ3) is 5.17. The molecule has 1 rings (SSSR count). The molecule has 1 amide bonds. The lowest BCUT2D eigenvalue weighted by molar-refractivity contribution is -0.897. The van der Waals surface area contributed by atoms with Gasteiger partial charge in [0, 0.05) is 31.3 Å². The van der Waals surface area contributed by atoms with Gasteiger partial charge in [-0.2, -0.15) is 0 Å². The van der Waals surface area contributed by atoms with Crippen molar-refractivity contribution in [2.75, 3.05) is 26.2 Å². The summed E-state index contributed by atoms with van der Waals surface area (Å²) in [6, 6.07) is 0. The van der Waals surface area contributed by atoms with Gasteiger partial charge in [0.25, 0.3) is 5.91 Å². The van der Waals surface area contributed by atoms with E-state index in [9.17, 15) is 14.7 Å². The number of carbonyl (C=O) groups is 2. The van der Waals surface area contributed by atoms with Crippen molar-refractivity contribution in [3.63, 3.8) is 0 Å². The van der Waals surface area contributed by atoms with E-state index in [1.807, 2.05) is 0 Å². The Morgan fingerprint density at radius 1 is 1.35 bits per heavy atom. The van der Waals surface area contributed by atoms with Crippen LogP contribution in [0.4, 0.5) is 0 Å². The summed E-state index contributed by atoms with van der Waals surface area (Å²) in [6.45, 7) is 6.75. The van der Waals surface area contributed by atoms with Crippen LogP contribution in [0.5, 0.6) is 0 Å². The summed E-state index contributed by atoms with van der Waals surface area (Å²) in [5.41, 5.74) is 0. The minimum atomic E-state index is -0.951. The van der Waals surface area contributed by atoms with E-state index in [0.29, 0.717) is 31.8 Å². The molecular formula is C12H22N2O3. The molecule has 1 aliphatic heterocycles. The Labute approximate surface area is 102 Å². The normalized spacial score (nSPS) is 24.6. The molecule has 0 bridgehead atoms. The van der Waals surface area contributed by atoms with Crippen molar-refractivity contribution in [1.82, 2.24) is 5.32 Å². The molecule has 0 atom stereocenters. The maximum absolute atomic E-state index is 11.6. The number of likely N-dealkylation sites (tertiary alicyclic amines) is 1. The van der Waals surface area contributed by atoms with Crippen LogP contribution in [0, 0.1) is 11.8 Å². The fourth-order valence-corrected chi connectivity index (χ4v) is 2.05. The number of piperidine rings is 1. The quantitative estimate of drug-likeness (QED) is 0.575. The minimum absolute atomic E-state index is 0.0561. The zero-order chi connectivity index (χ0) is 12.8. The van der Waals surface area contributed by atoms with Gasteiger partial charge in [-0.05, 0) is 5.92 Å². The van der Waals surface area contributed by atoms with Crippen molar-refractivity contribution >= 4 is 11.9 Å². The average molecular weight is 242 g/mol. The topological polar surface area (TPSA) is 73.7 Å². The van der Waals surface area contributed by atoms with Crippen LogP contribution in [0.25, 0.3) is 0 Å². The summed E-state index contributed by atoms with van der Waals surface area (Å²) in [5, 5.41) is 13.5. The number of nitrogens with one attached hydrogen (secondary N) is 2. The van der Waals surface area contributed by atoms with Crippen LogP contribution in [0.2, 0.25) is 0 Å². The molecule has 1 heterocycles. The van der Waals surface area contributed by atoms with Crippen LogP contribution in [-0.4, -0.2) is 38.1 Å². The Kier molecular flexibility index (Phi) is 5.41. The summed E-state index contributed by atoms with van der Waals surface area (Å²) >= 11 is 0. The van der Waals surface area contributed by atoms with Crippen LogP contribution >= 0.6 is 0 Å². The van der Waals surface area contributed by atoms with Crippen molar-refractivity contribution in [3.05, 3.63) is 0 Å². The molecule has 17 heavy (non-hydrogen) atoms. The monoisotopic (exact) mass is 242 g/mol. The summed E-state index contributed by atoms with van der Waals surface area (Å²) < 4.78 is 0. The van der Waals surface area contributed by atoms with Crippen LogP contribution in [0.1, 0.15) is 26.7 Å². The first-order valence-corrected chi connectivity index (χ1v) is 6.30. The van der Waals surface area contributed by atoms with Crippen molar-refractivity contribution < 1.29 is 19.6 Å². The number of amides is 1. The van der Waals surface area contributed by atoms with Gasteiger partial charge >= 0.3 is 0 Å². The molecule has 1 fully saturated rings. The predicted molar refractivity (Wildman–Crippen MR) is 61.1 cm³/mol. The number of quaternary nitrogens is 1. The van der Waals surface area contributed by atoms with E-state index < -0.39 is 5.97 Å². The average Bonchev–Trinajstić information content (AvgIpc) is 2.27. The van der Waals surface area contributed by atoms with E-state index in [4.69, 9.17) is 0 Å². The zero-order valence-electron chi connectivity index (χ0n) is 10.6. The first-order chi connectivity index (χ1) is 7.99. The van der Waals surface area contributed by atoms with Crippen LogP contribution in [-0.2, 0) is 9.59 Å². The number of carbonyl (C=O) groups excluding carboxylic acids is 2. The molecule has 5 heteroatoms. The van der Waals surface area contributed by atoms with Crippen molar-refractivity contribution in [1.29, 1.82) is 0 Å². The van der Waals surface area contributed by atoms with Gasteiger partial charge in [0.2, 0.25) is 0 Å². The summed E-state index contributed by atoms with van der Waals surface area (Å²) in [7, 11) is 0. The lowest BCUT2D eigenvalue weighted by atomic mass is 9.97. The SMILES string of the molecule is CC(C)CNC(=O)C[NH+]1CCC(C(=O)[O-])CC1. The van der Waals surface area contributed by atoms with E-state index in [0.717, 1.165) is 13.1 Å². The first-order valence-electron chi connectivity index (χ1n) is 6.30. The van der Waals surface area contributed by atoms with Gasteiger partial charge in [0.1, 0.15) is 0 Å². The zero-order valence-corrected chi connectivity index (χ0v) is 10.6. The van der Waals surface area contributed by atoms with Gasteiger partial charge in [-0.25, -0.2) is 0 Å². The van der Waals surface area contributed by atoms with Gasteiger partial charge in [0.05, 0.1) is 13.1 Å². The fraction of sp³-hybridized carbons (Fsp3) is 0.833. The fourth-order valence-electron chi connectivity index (χ4n) is 2.05. The summed E-state index contributed by atoms with van der Waals surface area (Å²) in [5.74, 6) is -0.760. The van der Waals surface area contributed by atoms with Crippen LogP contribution < -0.4 is 15.3 Å². The highest BCUT2D eigenvalue weighted by atomic mass is 16.4. The highest BCUT2D eigenvalue weighted by Crippen LogP contribution is 2.07. The van der Waals surface area contributed by atoms with Crippen LogP contribution in [0.15, 0.2) is 0 Å². The van der Waals surface area contributed by atoms with Crippen molar-refractivity contribution in [3.8, 4) is 0 Å². The third-order valence-electron chi connectivity index (χ3n) is 3.14. The van der Waals surface area contributed by atoms with Gasteiger partial charge in [-0.15, -0.1) is 0 Å². The van der Waals surface area contributed by atoms with E-state index in [2.05, 4.69) is 19.2 Å². The lowest BCUT2D eigenvalue weighted by Crippen LogP contribution is -3.14. The molecular weight excluding hydrogens is 220 g/mol. The second kappa shape index (κ2) is 6.59. The number of hydrogen-bond acceptors (Lipinski definition) is 3. The van der Waals surface area contributed by atoms with Gasteiger partial charge in [-0.1, -0.05) is 13.8 Å². The molecule has 0 aromatic carbocycles. The molecule has 5 nitrogen and oxygen atoms in total. The molecule has 0 aromatic heterocycles. The smallest absolute Gasteiger partial charge is 0.275 e. The molecule has 1 aliphatic rings. The van der Waals surface area contributed by atoms with E-state index in [-0.39, 0.29) is 11.8 Å². The molecule has 0 saturated carbocycles. The minimum Gasteiger partial charge on any atom is -0.550 e. The predicted octanol–water partition coefficient (Wildman–Crippen LogP) is -2.20. The highest BCUT2D eigenvalue weighted by molar-refractivity contribution is 5.76. The van der Waals surface area contributed by atoms with Crippen molar-refractivity contribution in [2.24, 2.45) is 11.8 Å². The summed E-state index contributed by atoms with van der Waals surface area (Å²) in [4.78, 5) is 23.4. The second-order valence-corrected chi connectivity index (χ2v) is 5.22. The number of hydrogen-bond donors (Lipinski definition) is 2. The molecule has 2 N–H and O–H groups in total. The molecule has 0 aromatic rings. The maximum Gasteiger partial charge on any atom is 0.275 e. The van der Waals surface area contributed by atoms with Crippen molar-refractivity contribution in [2.45, 2.75) is 26.7 Å². The molecule has 0 spiro atoms. The molecule has 98 valence electrons. The van der Waals surface area contributed by atoms with Gasteiger partial charge < -0.3 is 20.1 Å². The number of rotatable bonds is 5. The van der Waals surface area contributed by atoms with E-state index >= 15 is 0 Å². The number of carboxylic acids is 1. The van der Waals surface area contributed by atoms with E-state index in [1.54, 1.807) is 0 Å². The Bertz CT molecular complexity index is 271. The molecule has 0 unspecified atom stereocenters. The maximum atomic E-state index is 11.6. The van der Waals surface area contributed by atoms with Gasteiger partial charge in [-0.3, -0.25) is 4.79 Å². The van der Waals surface area contributed by atoms with Gasteiger partial charge in [0.15, 0.2) is 6.54 Å². The third-order valence-corrected chi connectivity index (χ3v) is 3.14.